The van der Waals surface area contributed by atoms with Crippen molar-refractivity contribution in [2.75, 3.05) is 6.61 Å². The van der Waals surface area contributed by atoms with E-state index in [2.05, 4.69) is 0 Å². The molecule has 1 aliphatic heterocycles. The fourth-order valence-corrected chi connectivity index (χ4v) is 1.94. The Morgan fingerprint density at radius 2 is 2.12 bits per heavy atom. The Labute approximate surface area is 90.7 Å². The minimum absolute atomic E-state index is 0.0741. The molecule has 2 unspecified atom stereocenters. The number of alkyl halides is 3. The molecule has 0 amide bonds. The summed E-state index contributed by atoms with van der Waals surface area (Å²) in [4.78, 5) is 0. The van der Waals surface area contributed by atoms with Crippen molar-refractivity contribution in [3.8, 4) is 5.75 Å². The summed E-state index contributed by atoms with van der Waals surface area (Å²) < 4.78 is 43.4. The molecule has 1 N–H and O–H groups in total. The average Bonchev–Trinajstić information content (AvgIpc) is 2.58. The highest BCUT2D eigenvalue weighted by atomic mass is 19.4. The minimum atomic E-state index is -4.41. The number of halogens is 3. The Kier molecular flexibility index (Phi) is 2.58. The summed E-state index contributed by atoms with van der Waals surface area (Å²) in [6.07, 6.45) is -5.27. The number of aliphatic hydroxyl groups excluding tert-OH is 1. The van der Waals surface area contributed by atoms with Gasteiger partial charge in [-0.3, -0.25) is 0 Å². The zero-order valence-corrected chi connectivity index (χ0v) is 8.58. The molecule has 1 aromatic rings. The molecule has 0 saturated carbocycles. The van der Waals surface area contributed by atoms with Crippen LogP contribution in [0.1, 0.15) is 24.0 Å². The lowest BCUT2D eigenvalue weighted by molar-refractivity contribution is -0.138. The minimum Gasteiger partial charge on any atom is -0.493 e. The summed E-state index contributed by atoms with van der Waals surface area (Å²) in [5.41, 5.74) is -0.640. The topological polar surface area (TPSA) is 29.5 Å². The number of aliphatic hydroxyl groups is 1. The van der Waals surface area contributed by atoms with Crippen LogP contribution in [0.3, 0.4) is 0 Å². The van der Waals surface area contributed by atoms with Crippen LogP contribution in [-0.4, -0.2) is 17.8 Å². The van der Waals surface area contributed by atoms with E-state index in [1.54, 1.807) is 0 Å². The molecule has 0 saturated heterocycles. The van der Waals surface area contributed by atoms with E-state index in [0.29, 0.717) is 0 Å². The van der Waals surface area contributed by atoms with Crippen molar-refractivity contribution in [2.24, 2.45) is 0 Å². The van der Waals surface area contributed by atoms with Crippen LogP contribution in [0.5, 0.6) is 5.75 Å². The second-order valence-corrected chi connectivity index (χ2v) is 3.87. The highest BCUT2D eigenvalue weighted by Gasteiger charge is 2.40. The summed E-state index contributed by atoms with van der Waals surface area (Å²) in [7, 11) is 0. The second-order valence-electron chi connectivity index (χ2n) is 3.87. The molecule has 0 aliphatic carbocycles. The molecule has 5 heteroatoms. The zero-order chi connectivity index (χ0) is 11.9. The average molecular weight is 232 g/mol. The zero-order valence-electron chi connectivity index (χ0n) is 8.58. The van der Waals surface area contributed by atoms with E-state index in [1.165, 1.54) is 19.1 Å². The van der Waals surface area contributed by atoms with Gasteiger partial charge in [0.05, 0.1) is 18.3 Å². The lowest BCUT2D eigenvalue weighted by Crippen LogP contribution is -2.19. The largest absolute Gasteiger partial charge is 0.493 e. The van der Waals surface area contributed by atoms with E-state index >= 15 is 0 Å². The first-order valence-electron chi connectivity index (χ1n) is 4.92. The SMILES string of the molecule is CC(O)C1COc2cccc(C(F)(F)F)c21. The van der Waals surface area contributed by atoms with Gasteiger partial charge >= 0.3 is 6.18 Å². The lowest BCUT2D eigenvalue weighted by Gasteiger charge is -2.17. The molecule has 0 fully saturated rings. The highest BCUT2D eigenvalue weighted by molar-refractivity contribution is 5.47. The Hall–Kier alpha value is -1.23. The summed E-state index contributed by atoms with van der Waals surface area (Å²) in [5, 5.41) is 9.44. The highest BCUT2D eigenvalue weighted by Crippen LogP contribution is 2.44. The smallest absolute Gasteiger partial charge is 0.416 e. The van der Waals surface area contributed by atoms with Gasteiger partial charge in [0.25, 0.3) is 0 Å². The number of fused-ring (bicyclic) bond motifs is 1. The molecule has 2 atom stereocenters. The van der Waals surface area contributed by atoms with Gasteiger partial charge in [0.1, 0.15) is 5.75 Å². The molecule has 0 aromatic heterocycles. The summed E-state index contributed by atoms with van der Waals surface area (Å²) in [6, 6.07) is 3.82. The van der Waals surface area contributed by atoms with Crippen molar-refractivity contribution < 1.29 is 23.0 Å². The van der Waals surface area contributed by atoms with Gasteiger partial charge in [-0.1, -0.05) is 6.07 Å². The third-order valence-corrected chi connectivity index (χ3v) is 2.74. The van der Waals surface area contributed by atoms with E-state index < -0.39 is 23.8 Å². The number of rotatable bonds is 1. The predicted octanol–water partition coefficient (Wildman–Crippen LogP) is 2.56. The predicted molar refractivity (Wildman–Crippen MR) is 51.4 cm³/mol. The fourth-order valence-electron chi connectivity index (χ4n) is 1.94. The maximum atomic E-state index is 12.7. The lowest BCUT2D eigenvalue weighted by atomic mass is 9.92. The molecule has 88 valence electrons. The molecular formula is C11H11F3O2. The summed E-state index contributed by atoms with van der Waals surface area (Å²) in [6.45, 7) is 1.57. The summed E-state index contributed by atoms with van der Waals surface area (Å²) in [5.74, 6) is -0.381. The van der Waals surface area contributed by atoms with Crippen LogP contribution in [0.2, 0.25) is 0 Å². The third kappa shape index (κ3) is 1.75. The molecule has 1 aromatic carbocycles. The van der Waals surface area contributed by atoms with Crippen LogP contribution < -0.4 is 4.74 Å². The van der Waals surface area contributed by atoms with Crippen LogP contribution in [0, 0.1) is 0 Å². The Balaban J connectivity index is 2.54. The molecule has 0 spiro atoms. The maximum absolute atomic E-state index is 12.7. The Morgan fingerprint density at radius 3 is 2.69 bits per heavy atom. The van der Waals surface area contributed by atoms with Crippen molar-refractivity contribution in [3.05, 3.63) is 29.3 Å². The Morgan fingerprint density at radius 1 is 1.44 bits per heavy atom. The van der Waals surface area contributed by atoms with E-state index in [4.69, 9.17) is 4.74 Å². The first kappa shape index (κ1) is 11.3. The monoisotopic (exact) mass is 232 g/mol. The van der Waals surface area contributed by atoms with E-state index in [-0.39, 0.29) is 17.9 Å². The third-order valence-electron chi connectivity index (χ3n) is 2.74. The maximum Gasteiger partial charge on any atom is 0.416 e. The van der Waals surface area contributed by atoms with Crippen LogP contribution in [0.4, 0.5) is 13.2 Å². The van der Waals surface area contributed by atoms with Crippen molar-refractivity contribution in [2.45, 2.75) is 25.1 Å². The molecule has 2 rings (SSSR count). The van der Waals surface area contributed by atoms with Crippen LogP contribution in [0.25, 0.3) is 0 Å². The normalized spacial score (nSPS) is 21.4. The number of ether oxygens (including phenoxy) is 1. The molecule has 0 bridgehead atoms. The summed E-state index contributed by atoms with van der Waals surface area (Å²) >= 11 is 0. The number of hydrogen-bond donors (Lipinski definition) is 1. The number of benzene rings is 1. The Bertz CT molecular complexity index is 399. The quantitative estimate of drug-likeness (QED) is 0.806. The second kappa shape index (κ2) is 3.66. The first-order chi connectivity index (χ1) is 7.41. The standard InChI is InChI=1S/C11H11F3O2/c1-6(15)7-5-16-9-4-2-3-8(10(7)9)11(12,13)14/h2-4,6-7,15H,5H2,1H3. The molecule has 2 nitrogen and oxygen atoms in total. The van der Waals surface area contributed by atoms with Crippen molar-refractivity contribution in [1.82, 2.24) is 0 Å². The molecule has 0 radical (unpaired) electrons. The van der Waals surface area contributed by atoms with Gasteiger partial charge in [-0.05, 0) is 19.1 Å². The van der Waals surface area contributed by atoms with Gasteiger partial charge in [0, 0.05) is 11.5 Å². The molecular weight excluding hydrogens is 221 g/mol. The molecule has 1 aliphatic rings. The van der Waals surface area contributed by atoms with Crippen LogP contribution in [0.15, 0.2) is 18.2 Å². The van der Waals surface area contributed by atoms with Gasteiger partial charge in [0.15, 0.2) is 0 Å². The molecule has 1 heterocycles. The van der Waals surface area contributed by atoms with Gasteiger partial charge in [0.2, 0.25) is 0 Å². The van der Waals surface area contributed by atoms with Gasteiger partial charge in [-0.25, -0.2) is 0 Å². The van der Waals surface area contributed by atoms with Gasteiger partial charge in [-0.15, -0.1) is 0 Å². The van der Waals surface area contributed by atoms with E-state index in [1.807, 2.05) is 0 Å². The van der Waals surface area contributed by atoms with Gasteiger partial charge in [-0.2, -0.15) is 13.2 Å². The van der Waals surface area contributed by atoms with Crippen molar-refractivity contribution in [3.63, 3.8) is 0 Å². The van der Waals surface area contributed by atoms with Crippen molar-refractivity contribution >= 4 is 0 Å². The van der Waals surface area contributed by atoms with Crippen LogP contribution in [-0.2, 0) is 6.18 Å². The molecule has 16 heavy (non-hydrogen) atoms. The van der Waals surface area contributed by atoms with E-state index in [9.17, 15) is 18.3 Å². The number of hydrogen-bond acceptors (Lipinski definition) is 2. The first-order valence-corrected chi connectivity index (χ1v) is 4.92. The van der Waals surface area contributed by atoms with Crippen LogP contribution >= 0.6 is 0 Å². The van der Waals surface area contributed by atoms with Crippen molar-refractivity contribution in [1.29, 1.82) is 0 Å². The van der Waals surface area contributed by atoms with Gasteiger partial charge < -0.3 is 9.84 Å². The van der Waals surface area contributed by atoms with E-state index in [0.717, 1.165) is 6.07 Å². The fraction of sp³-hybridized carbons (Fsp3) is 0.455.